The summed E-state index contributed by atoms with van der Waals surface area (Å²) in [4.78, 5) is 25.0. The van der Waals surface area contributed by atoms with Gasteiger partial charge in [0.05, 0.1) is 6.33 Å². The van der Waals surface area contributed by atoms with Crippen molar-refractivity contribution in [1.29, 1.82) is 0 Å². The number of aliphatic hydroxyl groups excluding tert-OH is 1. The first-order valence-corrected chi connectivity index (χ1v) is 12.6. The van der Waals surface area contributed by atoms with E-state index < -0.39 is 31.2 Å². The van der Waals surface area contributed by atoms with E-state index in [4.69, 9.17) is 21.1 Å². The zero-order chi connectivity index (χ0) is 22.4. The lowest BCUT2D eigenvalue weighted by atomic mass is 9.96. The first-order chi connectivity index (χ1) is 13.8. The van der Waals surface area contributed by atoms with Crippen LogP contribution >= 0.6 is 18.7 Å². The van der Waals surface area contributed by atoms with Crippen LogP contribution in [0.3, 0.4) is 0 Å². The summed E-state index contributed by atoms with van der Waals surface area (Å²) in [6.07, 6.45) is -1.03. The fraction of sp³-hybridized carbons (Fsp3) is 0.667. The van der Waals surface area contributed by atoms with Gasteiger partial charge in [-0.25, -0.2) is 4.98 Å². The molecule has 3 rings (SSSR count). The van der Waals surface area contributed by atoms with E-state index in [-0.39, 0.29) is 29.3 Å². The van der Waals surface area contributed by atoms with E-state index in [2.05, 4.69) is 20.3 Å². The lowest BCUT2D eigenvalue weighted by molar-refractivity contribution is -0.152. The van der Waals surface area contributed by atoms with E-state index in [1.807, 2.05) is 0 Å². The Labute approximate surface area is 179 Å². The van der Waals surface area contributed by atoms with E-state index in [1.54, 1.807) is 41.0 Å². The summed E-state index contributed by atoms with van der Waals surface area (Å²) in [6.45, 7) is 10.3. The van der Waals surface area contributed by atoms with E-state index in [0.717, 1.165) is 0 Å². The number of carbonyl (C=O) groups is 1. The predicted molar refractivity (Wildman–Crippen MR) is 113 cm³/mol. The number of ether oxygens (including phenoxy) is 2. The molecule has 0 aliphatic carbocycles. The average Bonchev–Trinajstić information content (AvgIpc) is 3.14. The van der Waals surface area contributed by atoms with Crippen LogP contribution in [0.5, 0.6) is 0 Å². The van der Waals surface area contributed by atoms with Crippen molar-refractivity contribution in [2.75, 3.05) is 25.0 Å². The fourth-order valence-electron chi connectivity index (χ4n) is 2.90. The van der Waals surface area contributed by atoms with Crippen LogP contribution in [0.4, 0.5) is 5.82 Å². The molecule has 1 aliphatic rings. The van der Waals surface area contributed by atoms with Gasteiger partial charge in [-0.05, 0) is 24.9 Å². The predicted octanol–water partition coefficient (Wildman–Crippen LogP) is 2.91. The van der Waals surface area contributed by atoms with Gasteiger partial charge in [-0.15, -0.1) is 0 Å². The molecule has 2 aromatic heterocycles. The van der Waals surface area contributed by atoms with E-state index in [9.17, 15) is 14.5 Å². The first kappa shape index (κ1) is 23.1. The van der Waals surface area contributed by atoms with Gasteiger partial charge in [0.1, 0.15) is 19.6 Å². The van der Waals surface area contributed by atoms with Gasteiger partial charge >= 0.3 is 0 Å². The third kappa shape index (κ3) is 4.84. The zero-order valence-corrected chi connectivity index (χ0v) is 19.4. The van der Waals surface area contributed by atoms with Gasteiger partial charge in [-0.2, -0.15) is 9.97 Å². The van der Waals surface area contributed by atoms with Crippen molar-refractivity contribution in [3.05, 3.63) is 11.6 Å². The monoisotopic (exact) mass is 459 g/mol. The number of amides is 1. The highest BCUT2D eigenvalue weighted by Gasteiger charge is 2.44. The second-order valence-electron chi connectivity index (χ2n) is 8.98. The maximum atomic E-state index is 12.4. The number of rotatable bonds is 5. The van der Waals surface area contributed by atoms with Gasteiger partial charge in [-0.3, -0.25) is 9.36 Å². The van der Waals surface area contributed by atoms with Gasteiger partial charge in [0.15, 0.2) is 29.5 Å². The van der Waals surface area contributed by atoms with Crippen LogP contribution in [0.2, 0.25) is 5.28 Å². The van der Waals surface area contributed by atoms with Crippen molar-refractivity contribution in [2.45, 2.75) is 46.3 Å². The maximum absolute atomic E-state index is 12.4. The molecule has 1 saturated heterocycles. The molecule has 0 radical (unpaired) electrons. The summed E-state index contributed by atoms with van der Waals surface area (Å²) in [7, 11) is -2.41. The normalized spacial score (nSPS) is 25.1. The summed E-state index contributed by atoms with van der Waals surface area (Å²) in [5, 5.41) is 13.4. The Bertz CT molecular complexity index is 1000. The number of halogens is 1. The fourth-order valence-corrected chi connectivity index (χ4v) is 3.57. The SMILES string of the molecule is C[C@@H]1[C@@H](OCP(C)(C)=O)O[C@@H](n2cnc3c(NC(=O)C(C)(C)C)nc(Cl)nc32)[C@@H]1O. The molecule has 0 aromatic carbocycles. The van der Waals surface area contributed by atoms with Crippen molar-refractivity contribution >= 4 is 41.6 Å². The topological polar surface area (TPSA) is 128 Å². The minimum atomic E-state index is -2.41. The number of nitrogens with zero attached hydrogens (tertiary/aromatic N) is 4. The Hall–Kier alpha value is -1.58. The van der Waals surface area contributed by atoms with Gasteiger partial charge in [-0.1, -0.05) is 27.7 Å². The standard InChI is InChI=1S/C18H27ClN5O5P/c1-9-11(25)14(29-15(9)28-8-30(5,6)27)24-7-20-10-12(21-16(26)18(2,3)4)22-17(19)23-13(10)24/h7,9,11,14-15,25H,8H2,1-6H3,(H,21,22,23,26)/t9-,11+,14+,15-/m0/s1. The molecule has 12 heteroatoms. The molecule has 3 heterocycles. The average molecular weight is 460 g/mol. The zero-order valence-electron chi connectivity index (χ0n) is 17.8. The van der Waals surface area contributed by atoms with Crippen LogP contribution in [0.25, 0.3) is 11.2 Å². The minimum Gasteiger partial charge on any atom is -0.388 e. The molecule has 1 fully saturated rings. The number of aromatic nitrogens is 4. The third-order valence-electron chi connectivity index (χ3n) is 4.66. The molecule has 1 amide bonds. The molecule has 2 N–H and O–H groups in total. The van der Waals surface area contributed by atoms with E-state index in [0.29, 0.717) is 11.2 Å². The third-order valence-corrected chi connectivity index (χ3v) is 5.60. The number of fused-ring (bicyclic) bond motifs is 1. The largest absolute Gasteiger partial charge is 0.388 e. The molecule has 30 heavy (non-hydrogen) atoms. The number of hydrogen-bond donors (Lipinski definition) is 2. The Morgan fingerprint density at radius 1 is 1.40 bits per heavy atom. The lowest BCUT2D eigenvalue weighted by Gasteiger charge is -2.18. The molecule has 4 atom stereocenters. The molecular weight excluding hydrogens is 433 g/mol. The first-order valence-electron chi connectivity index (χ1n) is 9.48. The Morgan fingerprint density at radius 3 is 2.67 bits per heavy atom. The molecule has 166 valence electrons. The van der Waals surface area contributed by atoms with Crippen molar-refractivity contribution in [1.82, 2.24) is 19.5 Å². The number of carbonyl (C=O) groups excluding carboxylic acids is 1. The van der Waals surface area contributed by atoms with Crippen LogP contribution in [-0.4, -0.2) is 62.6 Å². The molecule has 1 aliphatic heterocycles. The molecule has 0 saturated carbocycles. The van der Waals surface area contributed by atoms with Crippen LogP contribution in [0.15, 0.2) is 6.33 Å². The van der Waals surface area contributed by atoms with Crippen LogP contribution in [-0.2, 0) is 18.8 Å². The molecule has 10 nitrogen and oxygen atoms in total. The van der Waals surface area contributed by atoms with Crippen LogP contribution in [0.1, 0.15) is 33.9 Å². The van der Waals surface area contributed by atoms with Crippen molar-refractivity contribution < 1.29 is 23.9 Å². The summed E-state index contributed by atoms with van der Waals surface area (Å²) in [6, 6.07) is 0. The summed E-state index contributed by atoms with van der Waals surface area (Å²) in [5.74, 6) is -0.456. The second kappa shape index (κ2) is 8.16. The highest BCUT2D eigenvalue weighted by molar-refractivity contribution is 7.62. The molecule has 0 bridgehead atoms. The molecular formula is C18H27ClN5O5P. The summed E-state index contributed by atoms with van der Waals surface area (Å²) in [5.41, 5.74) is -0.0288. The van der Waals surface area contributed by atoms with Crippen molar-refractivity contribution in [3.8, 4) is 0 Å². The Balaban J connectivity index is 1.92. The minimum absolute atomic E-state index is 0.0447. The smallest absolute Gasteiger partial charge is 0.230 e. The lowest BCUT2D eigenvalue weighted by Crippen LogP contribution is -2.28. The number of imidazole rings is 1. The maximum Gasteiger partial charge on any atom is 0.230 e. The summed E-state index contributed by atoms with van der Waals surface area (Å²) >= 11 is 6.08. The van der Waals surface area contributed by atoms with Gasteiger partial charge < -0.3 is 24.5 Å². The number of aliphatic hydroxyl groups is 1. The summed E-state index contributed by atoms with van der Waals surface area (Å²) < 4.78 is 25.0. The van der Waals surface area contributed by atoms with Gasteiger partial charge in [0, 0.05) is 11.3 Å². The number of nitrogens with one attached hydrogen (secondary N) is 1. The number of anilines is 1. The van der Waals surface area contributed by atoms with E-state index >= 15 is 0 Å². The quantitative estimate of drug-likeness (QED) is 0.516. The highest BCUT2D eigenvalue weighted by Crippen LogP contribution is 2.41. The molecule has 0 spiro atoms. The molecule has 0 unspecified atom stereocenters. The van der Waals surface area contributed by atoms with Gasteiger partial charge in [0.25, 0.3) is 0 Å². The number of hydrogen-bond acceptors (Lipinski definition) is 8. The van der Waals surface area contributed by atoms with Crippen LogP contribution < -0.4 is 5.32 Å². The Morgan fingerprint density at radius 2 is 2.07 bits per heavy atom. The van der Waals surface area contributed by atoms with Gasteiger partial charge in [0.2, 0.25) is 11.2 Å². The Kier molecular flexibility index (Phi) is 6.28. The highest BCUT2D eigenvalue weighted by atomic mass is 35.5. The van der Waals surface area contributed by atoms with E-state index in [1.165, 1.54) is 10.9 Å². The second-order valence-corrected chi connectivity index (χ2v) is 12.7. The molecule has 2 aromatic rings. The van der Waals surface area contributed by atoms with Crippen LogP contribution in [0, 0.1) is 11.3 Å². The van der Waals surface area contributed by atoms with Crippen molar-refractivity contribution in [2.24, 2.45) is 11.3 Å². The van der Waals surface area contributed by atoms with Crippen molar-refractivity contribution in [3.63, 3.8) is 0 Å².